The first-order chi connectivity index (χ1) is 11.4. The van der Waals surface area contributed by atoms with E-state index < -0.39 is 11.7 Å². The first-order valence-electron chi connectivity index (χ1n) is 7.38. The van der Waals surface area contributed by atoms with E-state index in [4.69, 9.17) is 0 Å². The van der Waals surface area contributed by atoms with Crippen LogP contribution in [0.3, 0.4) is 0 Å². The van der Waals surface area contributed by atoms with Crippen LogP contribution in [0.2, 0.25) is 0 Å². The van der Waals surface area contributed by atoms with E-state index in [9.17, 15) is 18.0 Å². The van der Waals surface area contributed by atoms with Gasteiger partial charge in [-0.3, -0.25) is 0 Å². The van der Waals surface area contributed by atoms with E-state index in [1.807, 2.05) is 6.92 Å². The maximum atomic E-state index is 12.5. The summed E-state index contributed by atoms with van der Waals surface area (Å²) in [5.41, 5.74) is -0.00939. The standard InChI is InChI=1S/C17H17F3N2OS/c1-2-11-21-16(23)22-13-5-9-15(10-6-13)24-14-7-3-12(4-8-14)17(18,19)20/h3-10H,2,11H2,1H3,(H2,21,22,23). The Morgan fingerprint density at radius 3 is 2.04 bits per heavy atom. The third kappa shape index (κ3) is 5.49. The molecule has 0 saturated heterocycles. The molecule has 0 heterocycles. The molecule has 2 amide bonds. The number of hydrogen-bond donors (Lipinski definition) is 2. The zero-order chi connectivity index (χ0) is 17.6. The number of halogens is 3. The van der Waals surface area contributed by atoms with Crippen molar-refractivity contribution in [1.82, 2.24) is 5.32 Å². The number of benzene rings is 2. The predicted octanol–water partition coefficient (Wildman–Crippen LogP) is 5.39. The third-order valence-electron chi connectivity index (χ3n) is 3.07. The van der Waals surface area contributed by atoms with E-state index in [-0.39, 0.29) is 6.03 Å². The second-order valence-electron chi connectivity index (χ2n) is 5.03. The Balaban J connectivity index is 1.95. The molecule has 0 bridgehead atoms. The first-order valence-corrected chi connectivity index (χ1v) is 8.20. The molecule has 0 unspecified atom stereocenters. The van der Waals surface area contributed by atoms with E-state index >= 15 is 0 Å². The fourth-order valence-electron chi connectivity index (χ4n) is 1.87. The molecule has 3 nitrogen and oxygen atoms in total. The fourth-order valence-corrected chi connectivity index (χ4v) is 2.68. The Hall–Kier alpha value is -2.15. The van der Waals surface area contributed by atoms with Crippen molar-refractivity contribution >= 4 is 23.5 Å². The quantitative estimate of drug-likeness (QED) is 0.756. The van der Waals surface area contributed by atoms with Crippen LogP contribution in [-0.2, 0) is 6.18 Å². The minimum absolute atomic E-state index is 0.264. The maximum absolute atomic E-state index is 12.5. The maximum Gasteiger partial charge on any atom is 0.416 e. The van der Waals surface area contributed by atoms with Crippen LogP contribution in [0, 0.1) is 0 Å². The van der Waals surface area contributed by atoms with Crippen molar-refractivity contribution in [2.24, 2.45) is 0 Å². The van der Waals surface area contributed by atoms with E-state index in [0.717, 1.165) is 23.4 Å². The summed E-state index contributed by atoms with van der Waals surface area (Å²) in [4.78, 5) is 13.1. The molecule has 0 aliphatic rings. The van der Waals surface area contributed by atoms with Crippen LogP contribution in [0.25, 0.3) is 0 Å². The largest absolute Gasteiger partial charge is 0.416 e. The Kier molecular flexibility index (Phi) is 6.14. The van der Waals surface area contributed by atoms with Crippen molar-refractivity contribution in [2.45, 2.75) is 29.3 Å². The monoisotopic (exact) mass is 354 g/mol. The minimum atomic E-state index is -4.32. The highest BCUT2D eigenvalue weighted by Crippen LogP contribution is 2.33. The lowest BCUT2D eigenvalue weighted by molar-refractivity contribution is -0.137. The highest BCUT2D eigenvalue weighted by Gasteiger charge is 2.29. The number of urea groups is 1. The molecule has 0 fully saturated rings. The molecule has 0 aromatic heterocycles. The Bertz CT molecular complexity index is 670. The average Bonchev–Trinajstić information content (AvgIpc) is 2.54. The van der Waals surface area contributed by atoms with Gasteiger partial charge >= 0.3 is 12.2 Å². The first kappa shape index (κ1) is 18.2. The van der Waals surface area contributed by atoms with Crippen molar-refractivity contribution in [3.63, 3.8) is 0 Å². The molecule has 24 heavy (non-hydrogen) atoms. The lowest BCUT2D eigenvalue weighted by atomic mass is 10.2. The molecule has 0 radical (unpaired) electrons. The van der Waals surface area contributed by atoms with E-state index in [2.05, 4.69) is 10.6 Å². The van der Waals surface area contributed by atoms with Crippen LogP contribution in [0.15, 0.2) is 58.3 Å². The number of nitrogens with one attached hydrogen (secondary N) is 2. The summed E-state index contributed by atoms with van der Waals surface area (Å²) in [6.07, 6.45) is -3.47. The van der Waals surface area contributed by atoms with Gasteiger partial charge in [-0.05, 0) is 55.0 Å². The number of carbonyl (C=O) groups excluding carboxylic acids is 1. The van der Waals surface area contributed by atoms with Gasteiger partial charge in [0, 0.05) is 22.0 Å². The summed E-state index contributed by atoms with van der Waals surface area (Å²) in [6, 6.07) is 11.9. The molecule has 2 N–H and O–H groups in total. The molecule has 7 heteroatoms. The summed E-state index contributed by atoms with van der Waals surface area (Å²) in [5, 5.41) is 5.41. The summed E-state index contributed by atoms with van der Waals surface area (Å²) < 4.78 is 37.6. The molecule has 128 valence electrons. The van der Waals surface area contributed by atoms with Gasteiger partial charge in [0.2, 0.25) is 0 Å². The van der Waals surface area contributed by atoms with E-state index in [1.165, 1.54) is 23.9 Å². The smallest absolute Gasteiger partial charge is 0.338 e. The zero-order valence-corrected chi connectivity index (χ0v) is 13.8. The topological polar surface area (TPSA) is 41.1 Å². The van der Waals surface area contributed by atoms with Gasteiger partial charge in [-0.15, -0.1) is 0 Å². The second kappa shape index (κ2) is 8.10. The van der Waals surface area contributed by atoms with Gasteiger partial charge < -0.3 is 10.6 Å². The summed E-state index contributed by atoms with van der Waals surface area (Å²) in [5.74, 6) is 0. The van der Waals surface area contributed by atoms with Gasteiger partial charge in [-0.25, -0.2) is 4.79 Å². The summed E-state index contributed by atoms with van der Waals surface area (Å²) in [7, 11) is 0. The van der Waals surface area contributed by atoms with Crippen molar-refractivity contribution in [1.29, 1.82) is 0 Å². The molecule has 0 saturated carbocycles. The number of alkyl halides is 3. The summed E-state index contributed by atoms with van der Waals surface area (Å²) in [6.45, 7) is 2.57. The number of carbonyl (C=O) groups is 1. The molecular formula is C17H17F3N2OS. The van der Waals surface area contributed by atoms with Gasteiger partial charge in [-0.2, -0.15) is 13.2 Å². The Morgan fingerprint density at radius 1 is 1.00 bits per heavy atom. The number of rotatable bonds is 5. The number of anilines is 1. The van der Waals surface area contributed by atoms with Crippen LogP contribution in [-0.4, -0.2) is 12.6 Å². The highest BCUT2D eigenvalue weighted by molar-refractivity contribution is 7.99. The highest BCUT2D eigenvalue weighted by atomic mass is 32.2. The van der Waals surface area contributed by atoms with Crippen molar-refractivity contribution in [3.05, 3.63) is 54.1 Å². The Morgan fingerprint density at radius 2 is 1.54 bits per heavy atom. The fraction of sp³-hybridized carbons (Fsp3) is 0.235. The van der Waals surface area contributed by atoms with Crippen LogP contribution in [0.4, 0.5) is 23.7 Å². The average molecular weight is 354 g/mol. The summed E-state index contributed by atoms with van der Waals surface area (Å²) >= 11 is 1.35. The molecule has 0 aliphatic carbocycles. The van der Waals surface area contributed by atoms with E-state index in [1.54, 1.807) is 24.3 Å². The molecular weight excluding hydrogens is 337 g/mol. The lowest BCUT2D eigenvalue weighted by Gasteiger charge is -2.09. The molecule has 2 aromatic carbocycles. The zero-order valence-electron chi connectivity index (χ0n) is 13.0. The number of hydrogen-bond acceptors (Lipinski definition) is 2. The van der Waals surface area contributed by atoms with Crippen LogP contribution in [0.1, 0.15) is 18.9 Å². The molecule has 0 atom stereocenters. The Labute approximate surface area is 142 Å². The van der Waals surface area contributed by atoms with Crippen LogP contribution < -0.4 is 10.6 Å². The molecule has 0 spiro atoms. The SMILES string of the molecule is CCCNC(=O)Nc1ccc(Sc2ccc(C(F)(F)F)cc2)cc1. The van der Waals surface area contributed by atoms with Crippen molar-refractivity contribution in [2.75, 3.05) is 11.9 Å². The van der Waals surface area contributed by atoms with Crippen LogP contribution in [0.5, 0.6) is 0 Å². The molecule has 2 aromatic rings. The molecule has 2 rings (SSSR count). The molecule has 0 aliphatic heterocycles. The lowest BCUT2D eigenvalue weighted by Crippen LogP contribution is -2.29. The van der Waals surface area contributed by atoms with Crippen molar-refractivity contribution in [3.8, 4) is 0 Å². The van der Waals surface area contributed by atoms with E-state index in [0.29, 0.717) is 17.1 Å². The minimum Gasteiger partial charge on any atom is -0.338 e. The second-order valence-corrected chi connectivity index (χ2v) is 6.18. The van der Waals surface area contributed by atoms with Gasteiger partial charge in [-0.1, -0.05) is 18.7 Å². The number of amides is 2. The van der Waals surface area contributed by atoms with Gasteiger partial charge in [0.15, 0.2) is 0 Å². The predicted molar refractivity (Wildman–Crippen MR) is 89.3 cm³/mol. The van der Waals surface area contributed by atoms with Gasteiger partial charge in [0.05, 0.1) is 5.56 Å². The normalized spacial score (nSPS) is 11.2. The van der Waals surface area contributed by atoms with Gasteiger partial charge in [0.25, 0.3) is 0 Å². The third-order valence-corrected chi connectivity index (χ3v) is 4.08. The van der Waals surface area contributed by atoms with Crippen LogP contribution >= 0.6 is 11.8 Å². The van der Waals surface area contributed by atoms with Crippen molar-refractivity contribution < 1.29 is 18.0 Å². The van der Waals surface area contributed by atoms with Gasteiger partial charge in [0.1, 0.15) is 0 Å².